The number of nitrogens with one attached hydrogen (secondary N) is 2. The number of nitrogens with zero attached hydrogens (tertiary/aromatic N) is 6. The first kappa shape index (κ1) is 29.3. The zero-order valence-corrected chi connectivity index (χ0v) is 26.2. The number of aromatic nitrogens is 4. The number of rotatable bonds is 8. The van der Waals surface area contributed by atoms with Crippen molar-refractivity contribution >= 4 is 62.5 Å². The quantitative estimate of drug-likeness (QED) is 0.178. The number of halogens is 3. The highest BCUT2D eigenvalue weighted by Gasteiger charge is 2.28. The summed E-state index contributed by atoms with van der Waals surface area (Å²) >= 11 is 14.6. The van der Waals surface area contributed by atoms with Gasteiger partial charge in [0, 0.05) is 47.0 Å². The van der Waals surface area contributed by atoms with Crippen LogP contribution in [0.15, 0.2) is 48.1 Å². The predicted molar refractivity (Wildman–Crippen MR) is 171 cm³/mol. The lowest BCUT2D eigenvalue weighted by Crippen LogP contribution is -2.30. The summed E-state index contributed by atoms with van der Waals surface area (Å²) in [6, 6.07) is 10.1. The maximum atomic E-state index is 13.8. The summed E-state index contributed by atoms with van der Waals surface area (Å²) < 4.78 is 15.7. The summed E-state index contributed by atoms with van der Waals surface area (Å²) in [5.74, 6) is -0.527. The Morgan fingerprint density at radius 2 is 1.98 bits per heavy atom. The van der Waals surface area contributed by atoms with Crippen LogP contribution in [0, 0.1) is 17.1 Å². The molecule has 0 fully saturated rings. The molecule has 0 amide bonds. The summed E-state index contributed by atoms with van der Waals surface area (Å²) in [7, 11) is 0. The normalized spacial score (nSPS) is 14.1. The largest absolute Gasteiger partial charge is 0.373 e. The molecule has 12 heteroatoms. The van der Waals surface area contributed by atoms with E-state index in [1.165, 1.54) is 34.3 Å². The molecule has 0 saturated heterocycles. The van der Waals surface area contributed by atoms with Crippen molar-refractivity contribution in [3.8, 4) is 6.07 Å². The minimum atomic E-state index is -0.527. The third kappa shape index (κ3) is 5.78. The zero-order chi connectivity index (χ0) is 30.2. The number of hydrogen-bond acceptors (Lipinski definition) is 8. The van der Waals surface area contributed by atoms with E-state index < -0.39 is 5.82 Å². The molecule has 8 nitrogen and oxygen atoms in total. The fraction of sp³-hybridized carbons (Fsp3) is 0.290. The summed E-state index contributed by atoms with van der Waals surface area (Å²) in [5.41, 5.74) is 5.90. The molecule has 43 heavy (non-hydrogen) atoms. The highest BCUT2D eigenvalue weighted by Crippen LogP contribution is 2.39. The molecule has 1 atom stereocenters. The molecule has 0 bridgehead atoms. The third-order valence-electron chi connectivity index (χ3n) is 7.71. The second-order valence-electron chi connectivity index (χ2n) is 10.8. The number of thiophene rings is 1. The van der Waals surface area contributed by atoms with Crippen LogP contribution in [-0.2, 0) is 13.0 Å². The summed E-state index contributed by atoms with van der Waals surface area (Å²) in [6.07, 6.45) is 4.41. The van der Waals surface area contributed by atoms with Crippen LogP contribution in [0.4, 0.5) is 21.5 Å². The van der Waals surface area contributed by atoms with Gasteiger partial charge in [0.1, 0.15) is 17.6 Å². The molecule has 0 saturated carbocycles. The van der Waals surface area contributed by atoms with E-state index in [2.05, 4.69) is 63.1 Å². The van der Waals surface area contributed by atoms with Gasteiger partial charge in [-0.3, -0.25) is 9.88 Å². The smallest absolute Gasteiger partial charge is 0.141 e. The average Bonchev–Trinajstić information content (AvgIpc) is 3.66. The lowest BCUT2D eigenvalue weighted by atomic mass is 9.96. The molecule has 6 rings (SSSR count). The molecule has 1 aliphatic rings. The van der Waals surface area contributed by atoms with Crippen LogP contribution in [0.2, 0.25) is 10.0 Å². The third-order valence-corrected chi connectivity index (χ3v) is 9.32. The fourth-order valence-electron chi connectivity index (χ4n) is 5.35. The topological polar surface area (TPSA) is 94.7 Å². The summed E-state index contributed by atoms with van der Waals surface area (Å²) in [6.45, 7) is 9.29. The minimum absolute atomic E-state index is 0.0271. The molecular formula is C31H29Cl2FN8S. The Hall–Kier alpha value is -3.75. The number of anilines is 3. The number of fused-ring (bicyclic) bond motifs is 2. The van der Waals surface area contributed by atoms with Gasteiger partial charge in [-0.15, -0.1) is 16.4 Å². The van der Waals surface area contributed by atoms with Crippen molar-refractivity contribution in [2.75, 3.05) is 23.7 Å². The molecule has 0 unspecified atom stereocenters. The molecule has 3 aromatic heterocycles. The SMILES string of the molecule is CCN1CCc2c([C@H](Nc3cc(Cl)c4ncc(C#N)c(Nc5ccc(F)c(Cl)c5)c4c3)c3cn(C(C)C)nn3)csc2C1. The monoisotopic (exact) mass is 634 g/mol. The van der Waals surface area contributed by atoms with E-state index in [1.54, 1.807) is 17.4 Å². The molecule has 0 radical (unpaired) electrons. The van der Waals surface area contributed by atoms with Crippen molar-refractivity contribution in [1.29, 1.82) is 5.26 Å². The van der Waals surface area contributed by atoms with E-state index in [0.717, 1.165) is 37.4 Å². The Labute approximate surface area is 263 Å². The van der Waals surface area contributed by atoms with Crippen LogP contribution >= 0.6 is 34.5 Å². The van der Waals surface area contributed by atoms with Gasteiger partial charge in [0.25, 0.3) is 0 Å². The van der Waals surface area contributed by atoms with Gasteiger partial charge in [-0.05, 0) is 73.7 Å². The van der Waals surface area contributed by atoms with Gasteiger partial charge in [-0.25, -0.2) is 9.07 Å². The van der Waals surface area contributed by atoms with Gasteiger partial charge in [-0.1, -0.05) is 35.3 Å². The number of pyridine rings is 1. The predicted octanol–water partition coefficient (Wildman–Crippen LogP) is 8.11. The molecule has 4 heterocycles. The zero-order valence-electron chi connectivity index (χ0n) is 23.8. The Morgan fingerprint density at radius 1 is 1.16 bits per heavy atom. The van der Waals surface area contributed by atoms with Crippen LogP contribution in [0.1, 0.15) is 60.1 Å². The van der Waals surface area contributed by atoms with Crippen molar-refractivity contribution in [1.82, 2.24) is 24.9 Å². The van der Waals surface area contributed by atoms with Gasteiger partial charge in [0.05, 0.1) is 39.1 Å². The van der Waals surface area contributed by atoms with Crippen molar-refractivity contribution in [2.45, 2.75) is 45.8 Å². The van der Waals surface area contributed by atoms with E-state index in [-0.39, 0.29) is 17.1 Å². The molecule has 0 spiro atoms. The van der Waals surface area contributed by atoms with Gasteiger partial charge in [0.15, 0.2) is 0 Å². The van der Waals surface area contributed by atoms with Gasteiger partial charge in [0.2, 0.25) is 0 Å². The van der Waals surface area contributed by atoms with Gasteiger partial charge < -0.3 is 10.6 Å². The first-order valence-corrected chi connectivity index (χ1v) is 15.6. The summed E-state index contributed by atoms with van der Waals surface area (Å²) in [5, 5.41) is 29.1. The lowest BCUT2D eigenvalue weighted by molar-refractivity contribution is 0.271. The Kier molecular flexibility index (Phi) is 8.25. The minimum Gasteiger partial charge on any atom is -0.373 e. The molecule has 0 aliphatic carbocycles. The molecule has 5 aromatic rings. The Bertz CT molecular complexity index is 1860. The Balaban J connectivity index is 1.45. The molecule has 2 aromatic carbocycles. The number of likely N-dealkylation sites (N-methyl/N-ethyl adjacent to an activating group) is 1. The first-order chi connectivity index (χ1) is 20.7. The van der Waals surface area contributed by atoms with Gasteiger partial charge in [-0.2, -0.15) is 5.26 Å². The van der Waals surface area contributed by atoms with E-state index >= 15 is 0 Å². The summed E-state index contributed by atoms with van der Waals surface area (Å²) in [4.78, 5) is 8.29. The second kappa shape index (κ2) is 12.1. The standard InChI is InChI=1S/C31H29Cl2FN8S/c1-4-41-8-7-21-23(16-43-28(21)15-41)31(27-14-42(17(2)3)40-39-27)38-20-9-22-29(37-19-5-6-26(34)24(32)10-19)18(12-35)13-36-30(22)25(33)11-20/h5-6,9-11,13-14,16-17,31,38H,4,7-8,15H2,1-3H3,(H,36,37)/t31-/m0/s1. The maximum absolute atomic E-state index is 13.8. The Morgan fingerprint density at radius 3 is 2.70 bits per heavy atom. The van der Waals surface area contributed by atoms with Crippen LogP contribution in [0.25, 0.3) is 10.9 Å². The van der Waals surface area contributed by atoms with E-state index in [1.807, 2.05) is 23.0 Å². The molecule has 1 aliphatic heterocycles. The number of hydrogen-bond donors (Lipinski definition) is 2. The van der Waals surface area contributed by atoms with Crippen molar-refractivity contribution in [3.05, 3.63) is 91.2 Å². The van der Waals surface area contributed by atoms with Crippen LogP contribution in [-0.4, -0.2) is 38.0 Å². The van der Waals surface area contributed by atoms with E-state index in [4.69, 9.17) is 23.2 Å². The molecule has 220 valence electrons. The fourth-order valence-corrected chi connectivity index (χ4v) is 6.97. The highest BCUT2D eigenvalue weighted by molar-refractivity contribution is 7.10. The number of nitriles is 1. The van der Waals surface area contributed by atoms with Crippen molar-refractivity contribution in [3.63, 3.8) is 0 Å². The lowest BCUT2D eigenvalue weighted by Gasteiger charge is -2.27. The van der Waals surface area contributed by atoms with Gasteiger partial charge >= 0.3 is 0 Å². The van der Waals surface area contributed by atoms with Crippen LogP contribution in [0.5, 0.6) is 0 Å². The van der Waals surface area contributed by atoms with Crippen LogP contribution in [0.3, 0.4) is 0 Å². The second-order valence-corrected chi connectivity index (χ2v) is 12.6. The van der Waals surface area contributed by atoms with E-state index in [9.17, 15) is 9.65 Å². The number of benzene rings is 2. The molecular weight excluding hydrogens is 606 g/mol. The van der Waals surface area contributed by atoms with Crippen molar-refractivity contribution in [2.24, 2.45) is 0 Å². The van der Waals surface area contributed by atoms with E-state index in [0.29, 0.717) is 32.9 Å². The average molecular weight is 636 g/mol. The maximum Gasteiger partial charge on any atom is 0.141 e. The van der Waals surface area contributed by atoms with Crippen LogP contribution < -0.4 is 10.6 Å². The first-order valence-electron chi connectivity index (χ1n) is 14.0. The van der Waals surface area contributed by atoms with Crippen molar-refractivity contribution < 1.29 is 4.39 Å². The molecule has 2 N–H and O–H groups in total. The highest BCUT2D eigenvalue weighted by atomic mass is 35.5.